The van der Waals surface area contributed by atoms with E-state index in [2.05, 4.69) is 54.8 Å². The van der Waals surface area contributed by atoms with E-state index in [1.54, 1.807) is 0 Å². The number of likely N-dealkylation sites (tertiary alicyclic amines) is 2. The lowest BCUT2D eigenvalue weighted by Gasteiger charge is -2.40. The molecule has 28 heavy (non-hydrogen) atoms. The largest absolute Gasteiger partial charge is 0.335 e. The molecular formula is C24H39N3O. The topological polar surface area (TPSA) is 26.8 Å². The van der Waals surface area contributed by atoms with Crippen LogP contribution in [0.15, 0.2) is 30.3 Å². The van der Waals surface area contributed by atoms with Crippen LogP contribution in [-0.2, 0) is 11.3 Å². The molecule has 156 valence electrons. The lowest BCUT2D eigenvalue weighted by atomic mass is 9.94. The van der Waals surface area contributed by atoms with Crippen LogP contribution in [-0.4, -0.2) is 65.4 Å². The minimum Gasteiger partial charge on any atom is -0.335 e. The van der Waals surface area contributed by atoms with Gasteiger partial charge in [-0.3, -0.25) is 9.69 Å². The first-order valence-electron chi connectivity index (χ1n) is 11.3. The summed E-state index contributed by atoms with van der Waals surface area (Å²) in [6.07, 6.45) is 6.61. The van der Waals surface area contributed by atoms with Crippen LogP contribution in [0.5, 0.6) is 0 Å². The first-order chi connectivity index (χ1) is 13.5. The van der Waals surface area contributed by atoms with E-state index in [0.29, 0.717) is 19.0 Å². The van der Waals surface area contributed by atoms with Crippen molar-refractivity contribution in [3.05, 3.63) is 35.9 Å². The highest BCUT2D eigenvalue weighted by molar-refractivity contribution is 5.78. The molecule has 2 heterocycles. The zero-order valence-corrected chi connectivity index (χ0v) is 18.1. The lowest BCUT2D eigenvalue weighted by molar-refractivity contribution is -0.135. The summed E-state index contributed by atoms with van der Waals surface area (Å²) in [6, 6.07) is 11.3. The summed E-state index contributed by atoms with van der Waals surface area (Å²) >= 11 is 0. The molecular weight excluding hydrogens is 346 g/mol. The van der Waals surface area contributed by atoms with Gasteiger partial charge in [-0.25, -0.2) is 0 Å². The van der Waals surface area contributed by atoms with Gasteiger partial charge in [-0.2, -0.15) is 0 Å². The van der Waals surface area contributed by atoms with Crippen LogP contribution in [0.4, 0.5) is 0 Å². The van der Waals surface area contributed by atoms with E-state index in [9.17, 15) is 4.79 Å². The van der Waals surface area contributed by atoms with Crippen molar-refractivity contribution >= 4 is 5.91 Å². The van der Waals surface area contributed by atoms with Crippen molar-refractivity contribution in [1.29, 1.82) is 0 Å². The SMILES string of the molecule is CC1CCCCN1CC1CCCN(CC(=O)N(Cc2ccccc2)C(C)C)C1. The molecule has 0 aliphatic carbocycles. The molecule has 2 aliphatic heterocycles. The fourth-order valence-corrected chi connectivity index (χ4v) is 4.83. The fraction of sp³-hybridized carbons (Fsp3) is 0.708. The van der Waals surface area contributed by atoms with Crippen LogP contribution in [0.2, 0.25) is 0 Å². The first-order valence-corrected chi connectivity index (χ1v) is 11.3. The average Bonchev–Trinajstić information content (AvgIpc) is 2.69. The van der Waals surface area contributed by atoms with Crippen molar-refractivity contribution in [3.63, 3.8) is 0 Å². The smallest absolute Gasteiger partial charge is 0.237 e. The van der Waals surface area contributed by atoms with Crippen LogP contribution in [0.1, 0.15) is 58.4 Å². The molecule has 1 amide bonds. The van der Waals surface area contributed by atoms with E-state index in [0.717, 1.165) is 19.1 Å². The Kier molecular flexibility index (Phi) is 7.92. The Hall–Kier alpha value is -1.39. The molecule has 4 heteroatoms. The zero-order chi connectivity index (χ0) is 19.9. The molecule has 0 spiro atoms. The number of rotatable bonds is 7. The second-order valence-corrected chi connectivity index (χ2v) is 9.18. The standard InChI is InChI=1S/C24H39N3O/c1-20(2)27(18-22-11-5-4-6-12-22)24(28)19-25-14-9-13-23(16-25)17-26-15-8-7-10-21(26)3/h4-6,11-12,20-21,23H,7-10,13-19H2,1-3H3. The van der Waals surface area contributed by atoms with Crippen LogP contribution in [0, 0.1) is 5.92 Å². The summed E-state index contributed by atoms with van der Waals surface area (Å²) in [4.78, 5) is 20.2. The van der Waals surface area contributed by atoms with Crippen molar-refractivity contribution in [2.45, 2.75) is 71.5 Å². The second kappa shape index (κ2) is 10.4. The highest BCUT2D eigenvalue weighted by atomic mass is 16.2. The Morgan fingerprint density at radius 3 is 2.61 bits per heavy atom. The first kappa shape index (κ1) is 21.3. The Bertz CT molecular complexity index is 603. The van der Waals surface area contributed by atoms with E-state index < -0.39 is 0 Å². The van der Waals surface area contributed by atoms with Crippen molar-refractivity contribution in [1.82, 2.24) is 14.7 Å². The number of amides is 1. The molecule has 0 radical (unpaired) electrons. The fourth-order valence-electron chi connectivity index (χ4n) is 4.83. The van der Waals surface area contributed by atoms with Crippen molar-refractivity contribution in [3.8, 4) is 0 Å². The number of nitrogens with zero attached hydrogens (tertiary/aromatic N) is 3. The minimum absolute atomic E-state index is 0.225. The molecule has 2 aliphatic rings. The summed E-state index contributed by atoms with van der Waals surface area (Å²) in [5.41, 5.74) is 1.21. The Balaban J connectivity index is 1.53. The van der Waals surface area contributed by atoms with Gasteiger partial charge in [-0.1, -0.05) is 36.8 Å². The highest BCUT2D eigenvalue weighted by Crippen LogP contribution is 2.23. The van der Waals surface area contributed by atoms with Crippen LogP contribution in [0.3, 0.4) is 0 Å². The van der Waals surface area contributed by atoms with Crippen molar-refractivity contribution in [2.75, 3.05) is 32.7 Å². The molecule has 2 fully saturated rings. The van der Waals surface area contributed by atoms with E-state index in [1.807, 2.05) is 11.0 Å². The molecule has 2 atom stereocenters. The highest BCUT2D eigenvalue weighted by Gasteiger charge is 2.28. The van der Waals surface area contributed by atoms with Gasteiger partial charge in [0.05, 0.1) is 6.54 Å². The predicted octanol–water partition coefficient (Wildman–Crippen LogP) is 4.01. The maximum atomic E-state index is 13.1. The number of piperidine rings is 2. The molecule has 0 bridgehead atoms. The van der Waals surface area contributed by atoms with Gasteiger partial charge in [0.15, 0.2) is 0 Å². The second-order valence-electron chi connectivity index (χ2n) is 9.18. The Labute approximate surface area is 171 Å². The monoisotopic (exact) mass is 385 g/mol. The minimum atomic E-state index is 0.225. The molecule has 1 aromatic rings. The van der Waals surface area contributed by atoms with Gasteiger partial charge >= 0.3 is 0 Å². The normalized spacial score (nSPS) is 24.4. The van der Waals surface area contributed by atoms with E-state index in [1.165, 1.54) is 50.8 Å². The van der Waals surface area contributed by atoms with E-state index in [4.69, 9.17) is 0 Å². The van der Waals surface area contributed by atoms with Gasteiger partial charge in [0.25, 0.3) is 0 Å². The number of hydrogen-bond donors (Lipinski definition) is 0. The van der Waals surface area contributed by atoms with Crippen LogP contribution >= 0.6 is 0 Å². The lowest BCUT2D eigenvalue weighted by Crippen LogP contribution is -2.49. The Morgan fingerprint density at radius 1 is 1.11 bits per heavy atom. The van der Waals surface area contributed by atoms with Gasteiger partial charge in [0, 0.05) is 31.7 Å². The molecule has 3 rings (SSSR count). The van der Waals surface area contributed by atoms with Gasteiger partial charge in [-0.15, -0.1) is 0 Å². The summed E-state index contributed by atoms with van der Waals surface area (Å²) in [7, 11) is 0. The predicted molar refractivity (Wildman–Crippen MR) is 116 cm³/mol. The quantitative estimate of drug-likeness (QED) is 0.709. The van der Waals surface area contributed by atoms with Gasteiger partial charge in [0.1, 0.15) is 0 Å². The van der Waals surface area contributed by atoms with Crippen molar-refractivity contribution < 1.29 is 4.79 Å². The van der Waals surface area contributed by atoms with Gasteiger partial charge < -0.3 is 9.80 Å². The van der Waals surface area contributed by atoms with Crippen molar-refractivity contribution in [2.24, 2.45) is 5.92 Å². The third-order valence-electron chi connectivity index (χ3n) is 6.53. The maximum absolute atomic E-state index is 13.1. The maximum Gasteiger partial charge on any atom is 0.237 e. The number of hydrogen-bond acceptors (Lipinski definition) is 3. The summed E-state index contributed by atoms with van der Waals surface area (Å²) in [5, 5.41) is 0. The third kappa shape index (κ3) is 6.05. The van der Waals surface area contributed by atoms with Crippen LogP contribution < -0.4 is 0 Å². The number of carbonyl (C=O) groups is 1. The molecule has 4 nitrogen and oxygen atoms in total. The summed E-state index contributed by atoms with van der Waals surface area (Å²) < 4.78 is 0. The van der Waals surface area contributed by atoms with E-state index >= 15 is 0 Å². The number of benzene rings is 1. The average molecular weight is 386 g/mol. The van der Waals surface area contributed by atoms with Gasteiger partial charge in [0.2, 0.25) is 5.91 Å². The molecule has 0 aromatic heterocycles. The summed E-state index contributed by atoms with van der Waals surface area (Å²) in [5.74, 6) is 0.981. The van der Waals surface area contributed by atoms with E-state index in [-0.39, 0.29) is 11.9 Å². The molecule has 0 saturated carbocycles. The van der Waals surface area contributed by atoms with Crippen LogP contribution in [0.25, 0.3) is 0 Å². The molecule has 1 aromatic carbocycles. The Morgan fingerprint density at radius 2 is 1.89 bits per heavy atom. The van der Waals surface area contributed by atoms with Gasteiger partial charge in [-0.05, 0) is 71.0 Å². The summed E-state index contributed by atoms with van der Waals surface area (Å²) in [6.45, 7) is 12.5. The zero-order valence-electron chi connectivity index (χ0n) is 18.1. The number of carbonyl (C=O) groups excluding carboxylic acids is 1. The molecule has 2 saturated heterocycles. The molecule has 0 N–H and O–H groups in total. The molecule has 2 unspecified atom stereocenters. The third-order valence-corrected chi connectivity index (χ3v) is 6.53.